The van der Waals surface area contributed by atoms with Crippen LogP contribution >= 0.6 is 11.8 Å². The van der Waals surface area contributed by atoms with Gasteiger partial charge >= 0.3 is 0 Å². The van der Waals surface area contributed by atoms with Crippen molar-refractivity contribution in [1.29, 1.82) is 10.5 Å². The average molecular weight is 442 g/mol. The molecule has 0 heterocycles. The summed E-state index contributed by atoms with van der Waals surface area (Å²) in [4.78, 5) is 13.4. The van der Waals surface area contributed by atoms with E-state index < -0.39 is 0 Å². The van der Waals surface area contributed by atoms with Gasteiger partial charge in [-0.15, -0.1) is 11.8 Å². The van der Waals surface area contributed by atoms with E-state index in [4.69, 9.17) is 5.73 Å². The molecular formula is C27H27N3OS. The van der Waals surface area contributed by atoms with Gasteiger partial charge in [0.25, 0.3) is 0 Å². The highest BCUT2D eigenvalue weighted by Gasteiger charge is 2.18. The number of nitrogens with two attached hydrogens (primary N) is 1. The first-order chi connectivity index (χ1) is 15.3. The number of thioether (sulfide) groups is 1. The van der Waals surface area contributed by atoms with E-state index in [1.54, 1.807) is 6.92 Å². The Morgan fingerprint density at radius 3 is 2.06 bits per heavy atom. The number of carbonyl (C=O) groups excluding carboxylic acids is 1. The zero-order valence-electron chi connectivity index (χ0n) is 18.7. The molecular weight excluding hydrogens is 414 g/mol. The number of Topliss-reactive ketones (excluding diaryl/α,β-unsaturated/α-hetero) is 1. The standard InChI is InChI=1S/C27H27N3OS/c1-18(2)14-24(25(15-28)19(3)30)26(16-29)20(4)32-17-27(31)23-12-10-22(11-13-23)21-8-6-5-7-9-21/h5-13,18H,3,14,17,30H2,1-2,4H3/b25-24-,26-20+. The van der Waals surface area contributed by atoms with Gasteiger partial charge in [-0.1, -0.05) is 75.0 Å². The second kappa shape index (κ2) is 11.7. The number of rotatable bonds is 9. The van der Waals surface area contributed by atoms with Crippen LogP contribution in [0.15, 0.2) is 88.5 Å². The Balaban J connectivity index is 2.23. The first-order valence-corrected chi connectivity index (χ1v) is 11.3. The summed E-state index contributed by atoms with van der Waals surface area (Å²) in [6.45, 7) is 9.49. The maximum atomic E-state index is 12.7. The van der Waals surface area contributed by atoms with Crippen molar-refractivity contribution in [3.8, 4) is 23.3 Å². The lowest BCUT2D eigenvalue weighted by Gasteiger charge is -2.14. The Hall–Kier alpha value is -3.54. The van der Waals surface area contributed by atoms with Gasteiger partial charge in [-0.3, -0.25) is 4.79 Å². The van der Waals surface area contributed by atoms with Crippen LogP contribution in [-0.4, -0.2) is 11.5 Å². The van der Waals surface area contributed by atoms with Crippen LogP contribution in [0.25, 0.3) is 11.1 Å². The summed E-state index contributed by atoms with van der Waals surface area (Å²) in [6, 6.07) is 21.8. The highest BCUT2D eigenvalue weighted by molar-refractivity contribution is 8.03. The van der Waals surface area contributed by atoms with Gasteiger partial charge in [0, 0.05) is 16.2 Å². The lowest BCUT2D eigenvalue weighted by molar-refractivity contribution is 0.102. The van der Waals surface area contributed by atoms with Crippen LogP contribution < -0.4 is 5.73 Å². The minimum absolute atomic E-state index is 0.0237. The van der Waals surface area contributed by atoms with Crippen molar-refractivity contribution >= 4 is 17.5 Å². The van der Waals surface area contributed by atoms with Crippen molar-refractivity contribution in [2.45, 2.75) is 27.2 Å². The van der Waals surface area contributed by atoms with Crippen LogP contribution in [0.4, 0.5) is 0 Å². The molecule has 0 saturated heterocycles. The van der Waals surface area contributed by atoms with E-state index in [1.165, 1.54) is 11.8 Å². The van der Waals surface area contributed by atoms with Gasteiger partial charge in [-0.25, -0.2) is 0 Å². The maximum absolute atomic E-state index is 12.7. The van der Waals surface area contributed by atoms with E-state index in [2.05, 4.69) is 18.7 Å². The number of hydrogen-bond acceptors (Lipinski definition) is 5. The largest absolute Gasteiger partial charge is 0.398 e. The molecule has 0 atom stereocenters. The van der Waals surface area contributed by atoms with E-state index >= 15 is 0 Å². The molecule has 0 aliphatic carbocycles. The molecule has 0 fully saturated rings. The van der Waals surface area contributed by atoms with Crippen LogP contribution in [-0.2, 0) is 0 Å². The van der Waals surface area contributed by atoms with E-state index in [9.17, 15) is 15.3 Å². The molecule has 0 aliphatic heterocycles. The molecule has 0 aromatic heterocycles. The van der Waals surface area contributed by atoms with E-state index in [1.807, 2.05) is 68.4 Å². The third kappa shape index (κ3) is 6.48. The molecule has 0 aliphatic rings. The lowest BCUT2D eigenvalue weighted by atomic mass is 9.91. The summed E-state index contributed by atoms with van der Waals surface area (Å²) >= 11 is 1.30. The van der Waals surface area contributed by atoms with Crippen LogP contribution in [0.3, 0.4) is 0 Å². The number of allylic oxidation sites excluding steroid dienone is 4. The number of nitriles is 2. The smallest absolute Gasteiger partial charge is 0.173 e. The fraction of sp³-hybridized carbons (Fsp3) is 0.222. The third-order valence-electron chi connectivity index (χ3n) is 4.85. The van der Waals surface area contributed by atoms with Gasteiger partial charge in [0.2, 0.25) is 0 Å². The summed E-state index contributed by atoms with van der Waals surface area (Å²) in [6.07, 6.45) is 0.523. The van der Waals surface area contributed by atoms with Gasteiger partial charge < -0.3 is 5.73 Å². The Morgan fingerprint density at radius 1 is 1.00 bits per heavy atom. The molecule has 0 unspecified atom stereocenters. The SMILES string of the molecule is C=C(N)/C(C#N)=C(CC(C)C)\C(C#N)=C(/C)SCC(=O)c1ccc(-c2ccccc2)cc1. The van der Waals surface area contributed by atoms with Crippen LogP contribution in [0, 0.1) is 28.6 Å². The molecule has 0 radical (unpaired) electrons. The van der Waals surface area contributed by atoms with Crippen molar-refractivity contribution in [3.05, 3.63) is 94.1 Å². The average Bonchev–Trinajstić information content (AvgIpc) is 2.78. The van der Waals surface area contributed by atoms with Crippen LogP contribution in [0.5, 0.6) is 0 Å². The molecule has 32 heavy (non-hydrogen) atoms. The summed E-state index contributed by atoms with van der Waals surface area (Å²) < 4.78 is 0. The van der Waals surface area contributed by atoms with Gasteiger partial charge in [-0.05, 0) is 36.0 Å². The zero-order chi connectivity index (χ0) is 23.7. The molecule has 2 aromatic carbocycles. The molecule has 162 valence electrons. The highest BCUT2D eigenvalue weighted by Crippen LogP contribution is 2.31. The minimum Gasteiger partial charge on any atom is -0.398 e. The number of benzene rings is 2. The van der Waals surface area contributed by atoms with Crippen LogP contribution in [0.2, 0.25) is 0 Å². The monoisotopic (exact) mass is 441 g/mol. The highest BCUT2D eigenvalue weighted by atomic mass is 32.2. The first kappa shape index (κ1) is 24.7. The molecule has 2 N–H and O–H groups in total. The fourth-order valence-electron chi connectivity index (χ4n) is 3.24. The summed E-state index contributed by atoms with van der Waals surface area (Å²) in [7, 11) is 0. The molecule has 2 aromatic rings. The summed E-state index contributed by atoms with van der Waals surface area (Å²) in [5.74, 6) is 0.394. The van der Waals surface area contributed by atoms with E-state index in [0.29, 0.717) is 28.0 Å². The van der Waals surface area contributed by atoms with Crippen LogP contribution in [0.1, 0.15) is 37.6 Å². The fourth-order valence-corrected chi connectivity index (χ4v) is 4.07. The maximum Gasteiger partial charge on any atom is 0.173 e. The quantitative estimate of drug-likeness (QED) is 0.276. The van der Waals surface area contributed by atoms with Crippen molar-refractivity contribution in [2.24, 2.45) is 11.7 Å². The normalized spacial score (nSPS) is 12.3. The molecule has 0 spiro atoms. The number of carbonyl (C=O) groups is 1. The lowest BCUT2D eigenvalue weighted by Crippen LogP contribution is -2.07. The second-order valence-electron chi connectivity index (χ2n) is 7.79. The second-order valence-corrected chi connectivity index (χ2v) is 8.98. The van der Waals surface area contributed by atoms with E-state index in [-0.39, 0.29) is 28.7 Å². The van der Waals surface area contributed by atoms with Gasteiger partial charge in [0.1, 0.15) is 12.1 Å². The third-order valence-corrected chi connectivity index (χ3v) is 5.89. The molecule has 0 bridgehead atoms. The van der Waals surface area contributed by atoms with Gasteiger partial charge in [-0.2, -0.15) is 10.5 Å². The Labute approximate surface area is 194 Å². The molecule has 5 heteroatoms. The van der Waals surface area contributed by atoms with Gasteiger partial charge in [0.05, 0.1) is 16.9 Å². The Bertz CT molecular complexity index is 1130. The predicted octanol–water partition coefficient (Wildman–Crippen LogP) is 6.41. The topological polar surface area (TPSA) is 90.7 Å². The molecule has 2 rings (SSSR count). The van der Waals surface area contributed by atoms with Crippen molar-refractivity contribution in [1.82, 2.24) is 0 Å². The van der Waals surface area contributed by atoms with Gasteiger partial charge in [0.15, 0.2) is 5.78 Å². The number of hydrogen-bond donors (Lipinski definition) is 1. The number of ketones is 1. The van der Waals surface area contributed by atoms with E-state index in [0.717, 1.165) is 11.1 Å². The van der Waals surface area contributed by atoms with Crippen molar-refractivity contribution < 1.29 is 4.79 Å². The molecule has 4 nitrogen and oxygen atoms in total. The zero-order valence-corrected chi connectivity index (χ0v) is 19.5. The molecule has 0 saturated carbocycles. The Kier molecular flexibility index (Phi) is 9.08. The van der Waals surface area contributed by atoms with Crippen molar-refractivity contribution in [3.63, 3.8) is 0 Å². The minimum atomic E-state index is -0.0237. The molecule has 0 amide bonds. The summed E-state index contributed by atoms with van der Waals surface area (Å²) in [5.41, 5.74) is 9.91. The predicted molar refractivity (Wildman–Crippen MR) is 132 cm³/mol. The first-order valence-electron chi connectivity index (χ1n) is 10.3. The van der Waals surface area contributed by atoms with Crippen molar-refractivity contribution in [2.75, 3.05) is 5.75 Å². The summed E-state index contributed by atoms with van der Waals surface area (Å²) in [5, 5.41) is 19.3. The Morgan fingerprint density at radius 2 is 1.56 bits per heavy atom. The number of nitrogens with zero attached hydrogens (tertiary/aromatic N) is 2.